The fourth-order valence-corrected chi connectivity index (χ4v) is 2.20. The molecule has 1 atom stereocenters. The molecule has 0 radical (unpaired) electrons. The minimum atomic E-state index is -0.905. The molecule has 0 bridgehead atoms. The van der Waals surface area contributed by atoms with Crippen molar-refractivity contribution in [1.82, 2.24) is 4.90 Å². The number of carboxylic acid groups (broad SMARTS) is 1. The highest BCUT2D eigenvalue weighted by molar-refractivity contribution is 5.87. The number of carbonyl (C=O) groups is 1. The monoisotopic (exact) mass is 249 g/mol. The zero-order chi connectivity index (χ0) is 13.0. The number of likely N-dealkylation sites (tertiary alicyclic amines) is 1. The van der Waals surface area contributed by atoms with Crippen LogP contribution in [-0.4, -0.2) is 42.2 Å². The van der Waals surface area contributed by atoms with Crippen LogP contribution in [0.2, 0.25) is 0 Å². The highest BCUT2D eigenvalue weighted by atomic mass is 16.5. The topological polar surface area (TPSA) is 49.8 Å². The average Bonchev–Trinajstić information content (AvgIpc) is 2.55. The third-order valence-corrected chi connectivity index (χ3v) is 3.30. The molecule has 1 aromatic carbocycles. The Bertz CT molecular complexity index is 402. The number of rotatable bonds is 3. The lowest BCUT2D eigenvalue weighted by atomic mass is 10.1. The molecule has 0 spiro atoms. The highest BCUT2D eigenvalue weighted by Gasteiger charge is 2.16. The van der Waals surface area contributed by atoms with Gasteiger partial charge in [-0.05, 0) is 57.1 Å². The molecule has 1 aromatic rings. The Kier molecular flexibility index (Phi) is 4.20. The third-order valence-electron chi connectivity index (χ3n) is 3.30. The summed E-state index contributed by atoms with van der Waals surface area (Å²) < 4.78 is 5.90. The SMILES string of the molecule is CN1CCCC(Oc2ccc(C(=O)O)cc2)CC1. The standard InChI is InChI=1S/C14H19NO3/c1-15-9-2-3-12(8-10-15)18-13-6-4-11(5-7-13)14(16)17/h4-7,12H,2-3,8-10H2,1H3,(H,16,17). The molecule has 18 heavy (non-hydrogen) atoms. The van der Waals surface area contributed by atoms with Crippen molar-refractivity contribution < 1.29 is 14.6 Å². The normalized spacial score (nSPS) is 21.3. The summed E-state index contributed by atoms with van der Waals surface area (Å²) in [6.45, 7) is 2.18. The predicted octanol–water partition coefficient (Wildman–Crippen LogP) is 2.25. The van der Waals surface area contributed by atoms with Gasteiger partial charge in [-0.25, -0.2) is 4.79 Å². The van der Waals surface area contributed by atoms with E-state index in [1.165, 1.54) is 0 Å². The summed E-state index contributed by atoms with van der Waals surface area (Å²) in [6.07, 6.45) is 3.47. The van der Waals surface area contributed by atoms with E-state index in [9.17, 15) is 4.79 Å². The number of aromatic carboxylic acids is 1. The second-order valence-electron chi connectivity index (χ2n) is 4.80. The molecule has 1 heterocycles. The van der Waals surface area contributed by atoms with Gasteiger partial charge in [0.05, 0.1) is 11.7 Å². The molecule has 1 fully saturated rings. The van der Waals surface area contributed by atoms with Gasteiger partial charge in [0, 0.05) is 6.54 Å². The second-order valence-corrected chi connectivity index (χ2v) is 4.80. The lowest BCUT2D eigenvalue weighted by Gasteiger charge is -2.17. The van der Waals surface area contributed by atoms with Crippen molar-refractivity contribution >= 4 is 5.97 Å². The van der Waals surface area contributed by atoms with Crippen LogP contribution < -0.4 is 4.74 Å². The summed E-state index contributed by atoms with van der Waals surface area (Å²) in [5, 5.41) is 8.82. The van der Waals surface area contributed by atoms with E-state index in [1.54, 1.807) is 24.3 Å². The van der Waals surface area contributed by atoms with Crippen LogP contribution in [0.3, 0.4) is 0 Å². The van der Waals surface area contributed by atoms with Crippen molar-refractivity contribution in [2.75, 3.05) is 20.1 Å². The number of ether oxygens (including phenoxy) is 1. The van der Waals surface area contributed by atoms with Crippen LogP contribution in [0.1, 0.15) is 29.6 Å². The lowest BCUT2D eigenvalue weighted by Crippen LogP contribution is -2.21. The largest absolute Gasteiger partial charge is 0.490 e. The molecule has 1 saturated heterocycles. The maximum absolute atomic E-state index is 10.7. The first-order valence-corrected chi connectivity index (χ1v) is 6.34. The van der Waals surface area contributed by atoms with Gasteiger partial charge in [0.1, 0.15) is 5.75 Å². The van der Waals surface area contributed by atoms with Crippen molar-refractivity contribution in [3.8, 4) is 5.75 Å². The fourth-order valence-electron chi connectivity index (χ4n) is 2.20. The van der Waals surface area contributed by atoms with Crippen molar-refractivity contribution in [1.29, 1.82) is 0 Å². The minimum absolute atomic E-state index is 0.241. The smallest absolute Gasteiger partial charge is 0.335 e. The van der Waals surface area contributed by atoms with Crippen molar-refractivity contribution in [3.05, 3.63) is 29.8 Å². The molecule has 1 unspecified atom stereocenters. The summed E-state index contributed by atoms with van der Waals surface area (Å²) in [5.41, 5.74) is 0.294. The molecule has 2 rings (SSSR count). The molecule has 0 aliphatic carbocycles. The summed E-state index contributed by atoms with van der Waals surface area (Å²) >= 11 is 0. The maximum Gasteiger partial charge on any atom is 0.335 e. The Labute approximate surface area is 107 Å². The van der Waals surface area contributed by atoms with Crippen LogP contribution in [0.4, 0.5) is 0 Å². The van der Waals surface area contributed by atoms with Gasteiger partial charge in [-0.1, -0.05) is 0 Å². The van der Waals surface area contributed by atoms with Crippen LogP contribution in [-0.2, 0) is 0 Å². The first-order chi connectivity index (χ1) is 8.65. The van der Waals surface area contributed by atoms with E-state index >= 15 is 0 Å². The summed E-state index contributed by atoms with van der Waals surface area (Å²) in [6, 6.07) is 6.64. The Hall–Kier alpha value is -1.55. The van der Waals surface area contributed by atoms with Gasteiger partial charge in [0.25, 0.3) is 0 Å². The van der Waals surface area contributed by atoms with E-state index in [-0.39, 0.29) is 6.10 Å². The zero-order valence-electron chi connectivity index (χ0n) is 10.6. The predicted molar refractivity (Wildman–Crippen MR) is 69.2 cm³/mol. The van der Waals surface area contributed by atoms with Gasteiger partial charge in [-0.15, -0.1) is 0 Å². The number of hydrogen-bond acceptors (Lipinski definition) is 3. The molecule has 0 amide bonds. The van der Waals surface area contributed by atoms with Crippen LogP contribution in [0.5, 0.6) is 5.75 Å². The Balaban J connectivity index is 1.94. The number of benzene rings is 1. The van der Waals surface area contributed by atoms with Gasteiger partial charge < -0.3 is 14.7 Å². The highest BCUT2D eigenvalue weighted by Crippen LogP contribution is 2.19. The Morgan fingerprint density at radius 3 is 2.67 bits per heavy atom. The van der Waals surface area contributed by atoms with Crippen LogP contribution in [0.25, 0.3) is 0 Å². The first kappa shape index (κ1) is 12.9. The van der Waals surface area contributed by atoms with Gasteiger partial charge in [-0.3, -0.25) is 0 Å². The summed E-state index contributed by atoms with van der Waals surface area (Å²) in [4.78, 5) is 13.1. The fraction of sp³-hybridized carbons (Fsp3) is 0.500. The summed E-state index contributed by atoms with van der Waals surface area (Å²) in [7, 11) is 2.13. The Morgan fingerprint density at radius 2 is 2.00 bits per heavy atom. The van der Waals surface area contributed by atoms with E-state index in [2.05, 4.69) is 11.9 Å². The van der Waals surface area contributed by atoms with Gasteiger partial charge in [0.2, 0.25) is 0 Å². The first-order valence-electron chi connectivity index (χ1n) is 6.34. The molecule has 4 heteroatoms. The summed E-state index contributed by atoms with van der Waals surface area (Å²) in [5.74, 6) is -0.146. The third kappa shape index (κ3) is 3.47. The van der Waals surface area contributed by atoms with Gasteiger partial charge in [-0.2, -0.15) is 0 Å². The van der Waals surface area contributed by atoms with Gasteiger partial charge >= 0.3 is 5.97 Å². The van der Waals surface area contributed by atoms with Crippen LogP contribution in [0, 0.1) is 0 Å². The van der Waals surface area contributed by atoms with Crippen molar-refractivity contribution in [2.45, 2.75) is 25.4 Å². The number of carboxylic acids is 1. The quantitative estimate of drug-likeness (QED) is 0.892. The van der Waals surface area contributed by atoms with E-state index in [0.29, 0.717) is 5.56 Å². The molecule has 0 saturated carbocycles. The van der Waals surface area contributed by atoms with Crippen molar-refractivity contribution in [3.63, 3.8) is 0 Å². The molecule has 1 aliphatic heterocycles. The van der Waals surface area contributed by atoms with Crippen LogP contribution >= 0.6 is 0 Å². The van der Waals surface area contributed by atoms with E-state index in [1.807, 2.05) is 0 Å². The molecule has 98 valence electrons. The molecule has 0 aromatic heterocycles. The second kappa shape index (κ2) is 5.87. The van der Waals surface area contributed by atoms with E-state index < -0.39 is 5.97 Å². The van der Waals surface area contributed by atoms with Gasteiger partial charge in [0.15, 0.2) is 0 Å². The molecule has 4 nitrogen and oxygen atoms in total. The molecule has 1 aliphatic rings. The molecule has 1 N–H and O–H groups in total. The minimum Gasteiger partial charge on any atom is -0.490 e. The van der Waals surface area contributed by atoms with Crippen LogP contribution in [0.15, 0.2) is 24.3 Å². The van der Waals surface area contributed by atoms with Crippen molar-refractivity contribution in [2.24, 2.45) is 0 Å². The zero-order valence-corrected chi connectivity index (χ0v) is 10.6. The number of nitrogens with zero attached hydrogens (tertiary/aromatic N) is 1. The Morgan fingerprint density at radius 1 is 1.28 bits per heavy atom. The lowest BCUT2D eigenvalue weighted by molar-refractivity contribution is 0.0697. The van der Waals surface area contributed by atoms with E-state index in [0.717, 1.165) is 38.1 Å². The molecular weight excluding hydrogens is 230 g/mol. The molecular formula is C14H19NO3. The number of hydrogen-bond donors (Lipinski definition) is 1. The van der Waals surface area contributed by atoms with E-state index in [4.69, 9.17) is 9.84 Å². The maximum atomic E-state index is 10.7. The average molecular weight is 249 g/mol.